The van der Waals surface area contributed by atoms with Crippen LogP contribution in [0.1, 0.15) is 54.9 Å². The second-order valence-corrected chi connectivity index (χ2v) is 6.35. The van der Waals surface area contributed by atoms with Gasteiger partial charge in [-0.2, -0.15) is 5.26 Å². The number of nitrogens with zero attached hydrogens (tertiary/aromatic N) is 1. The number of benzene rings is 2. The first-order chi connectivity index (χ1) is 10.8. The highest BCUT2D eigenvalue weighted by Gasteiger charge is 2.17. The highest BCUT2D eigenvalue weighted by atomic mass is 16.1. The first-order valence-electron chi connectivity index (χ1n) is 7.87. The van der Waals surface area contributed by atoms with Crippen molar-refractivity contribution in [2.75, 3.05) is 0 Å². The molecule has 0 radical (unpaired) electrons. The van der Waals surface area contributed by atoms with E-state index >= 15 is 0 Å². The van der Waals surface area contributed by atoms with Gasteiger partial charge in [0.15, 0.2) is 5.78 Å². The molecule has 0 aliphatic heterocycles. The van der Waals surface area contributed by atoms with Crippen molar-refractivity contribution in [2.24, 2.45) is 0 Å². The maximum Gasteiger partial charge on any atom is 0.167 e. The number of aryl methyl sites for hydroxylation is 1. The minimum absolute atomic E-state index is 0.0773. The molecule has 2 rings (SSSR count). The molecule has 0 aliphatic rings. The number of hydrogen-bond acceptors (Lipinski definition) is 2. The molecule has 0 aromatic heterocycles. The van der Waals surface area contributed by atoms with Gasteiger partial charge in [0.1, 0.15) is 0 Å². The number of carbonyl (C=O) groups is 1. The van der Waals surface area contributed by atoms with E-state index in [-0.39, 0.29) is 5.78 Å². The van der Waals surface area contributed by atoms with Crippen LogP contribution < -0.4 is 0 Å². The molecule has 0 N–H and O–H groups in total. The number of Topliss-reactive ketones (excluding diaryl/α,β-unsaturated/α-hetero) is 1. The second kappa shape index (κ2) is 6.38. The Morgan fingerprint density at radius 2 is 1.43 bits per heavy atom. The molecule has 0 saturated heterocycles. The van der Waals surface area contributed by atoms with Crippen LogP contribution in [-0.2, 0) is 6.42 Å². The molecule has 118 valence electrons. The minimum Gasteiger partial charge on any atom is -0.294 e. The normalized spacial score (nSPS) is 10.5. The SMILES string of the molecule is Cc1ccc(C#N)cc1C(=O)Cc1c(C)c(C)c(C)c(C)c1C. The summed E-state index contributed by atoms with van der Waals surface area (Å²) in [5, 5.41) is 9.05. The largest absolute Gasteiger partial charge is 0.294 e. The van der Waals surface area contributed by atoms with E-state index < -0.39 is 0 Å². The molecule has 0 heterocycles. The van der Waals surface area contributed by atoms with E-state index in [9.17, 15) is 4.79 Å². The van der Waals surface area contributed by atoms with Gasteiger partial charge in [0.05, 0.1) is 11.6 Å². The zero-order chi connectivity index (χ0) is 17.3. The Morgan fingerprint density at radius 1 is 0.913 bits per heavy atom. The molecule has 0 bridgehead atoms. The fraction of sp³-hybridized carbons (Fsp3) is 0.333. The molecule has 0 aliphatic carbocycles. The van der Waals surface area contributed by atoms with Crippen LogP contribution in [-0.4, -0.2) is 5.78 Å². The van der Waals surface area contributed by atoms with Gasteiger partial charge in [-0.1, -0.05) is 6.07 Å². The van der Waals surface area contributed by atoms with Crippen LogP contribution in [0.2, 0.25) is 0 Å². The van der Waals surface area contributed by atoms with Gasteiger partial charge in [0.25, 0.3) is 0 Å². The summed E-state index contributed by atoms with van der Waals surface area (Å²) in [6.45, 7) is 12.5. The topological polar surface area (TPSA) is 40.9 Å². The van der Waals surface area contributed by atoms with E-state index in [1.807, 2.05) is 13.0 Å². The highest BCUT2D eigenvalue weighted by Crippen LogP contribution is 2.27. The lowest BCUT2D eigenvalue weighted by Gasteiger charge is -2.18. The average molecular weight is 305 g/mol. The van der Waals surface area contributed by atoms with E-state index in [2.05, 4.69) is 40.7 Å². The lowest BCUT2D eigenvalue weighted by Crippen LogP contribution is -2.11. The molecule has 0 unspecified atom stereocenters. The maximum atomic E-state index is 12.8. The van der Waals surface area contributed by atoms with E-state index in [4.69, 9.17) is 5.26 Å². The summed E-state index contributed by atoms with van der Waals surface area (Å²) in [5.41, 5.74) is 9.46. The van der Waals surface area contributed by atoms with Gasteiger partial charge in [-0.15, -0.1) is 0 Å². The van der Waals surface area contributed by atoms with Crippen molar-refractivity contribution in [3.05, 3.63) is 68.3 Å². The van der Waals surface area contributed by atoms with Gasteiger partial charge in [-0.3, -0.25) is 4.79 Å². The molecule has 0 amide bonds. The number of nitriles is 1. The van der Waals surface area contributed by atoms with Gasteiger partial charge in [-0.05, 0) is 92.6 Å². The third-order valence-electron chi connectivity index (χ3n) is 5.16. The van der Waals surface area contributed by atoms with Gasteiger partial charge in [0, 0.05) is 12.0 Å². The molecule has 2 aromatic carbocycles. The molecule has 0 fully saturated rings. The summed E-state index contributed by atoms with van der Waals surface area (Å²) < 4.78 is 0. The molecule has 2 aromatic rings. The second-order valence-electron chi connectivity index (χ2n) is 6.35. The van der Waals surface area contributed by atoms with Crippen LogP contribution >= 0.6 is 0 Å². The fourth-order valence-corrected chi connectivity index (χ4v) is 3.09. The molecule has 2 nitrogen and oxygen atoms in total. The lowest BCUT2D eigenvalue weighted by atomic mass is 9.86. The summed E-state index contributed by atoms with van der Waals surface area (Å²) in [7, 11) is 0. The smallest absolute Gasteiger partial charge is 0.167 e. The third-order valence-corrected chi connectivity index (χ3v) is 5.16. The fourth-order valence-electron chi connectivity index (χ4n) is 3.09. The molecule has 0 spiro atoms. The van der Waals surface area contributed by atoms with Gasteiger partial charge in [0.2, 0.25) is 0 Å². The zero-order valence-corrected chi connectivity index (χ0v) is 14.8. The molecular formula is C21H23NO. The predicted octanol–water partition coefficient (Wildman–Crippen LogP) is 4.83. The maximum absolute atomic E-state index is 12.8. The molecule has 0 atom stereocenters. The van der Waals surface area contributed by atoms with Crippen LogP contribution in [0.5, 0.6) is 0 Å². The van der Waals surface area contributed by atoms with E-state index in [1.165, 1.54) is 27.8 Å². The summed E-state index contributed by atoms with van der Waals surface area (Å²) in [6.07, 6.45) is 0.384. The van der Waals surface area contributed by atoms with Crippen molar-refractivity contribution in [3.8, 4) is 6.07 Å². The van der Waals surface area contributed by atoms with Gasteiger partial charge < -0.3 is 0 Å². The number of hydrogen-bond donors (Lipinski definition) is 0. The Labute approximate surface area is 138 Å². The lowest BCUT2D eigenvalue weighted by molar-refractivity contribution is 0.0992. The van der Waals surface area contributed by atoms with Crippen molar-refractivity contribution in [1.82, 2.24) is 0 Å². The van der Waals surface area contributed by atoms with E-state index in [1.54, 1.807) is 12.1 Å². The van der Waals surface area contributed by atoms with Crippen molar-refractivity contribution < 1.29 is 4.79 Å². The first-order valence-corrected chi connectivity index (χ1v) is 7.87. The molecular weight excluding hydrogens is 282 g/mol. The van der Waals surface area contributed by atoms with Crippen LogP contribution in [0.3, 0.4) is 0 Å². The summed E-state index contributed by atoms with van der Waals surface area (Å²) in [4.78, 5) is 12.8. The van der Waals surface area contributed by atoms with Crippen LogP contribution in [0.4, 0.5) is 0 Å². The quantitative estimate of drug-likeness (QED) is 0.762. The Bertz CT molecular complexity index is 809. The van der Waals surface area contributed by atoms with Crippen molar-refractivity contribution in [1.29, 1.82) is 5.26 Å². The average Bonchev–Trinajstić information content (AvgIpc) is 2.55. The Balaban J connectivity index is 2.49. The molecule has 2 heteroatoms. The summed E-state index contributed by atoms with van der Waals surface area (Å²) in [6, 6.07) is 7.41. The Kier molecular flexibility index (Phi) is 4.71. The first kappa shape index (κ1) is 17.0. The van der Waals surface area contributed by atoms with Gasteiger partial charge in [-0.25, -0.2) is 0 Å². The monoisotopic (exact) mass is 305 g/mol. The minimum atomic E-state index is 0.0773. The van der Waals surface area contributed by atoms with Gasteiger partial charge >= 0.3 is 0 Å². The highest BCUT2D eigenvalue weighted by molar-refractivity contribution is 5.99. The third kappa shape index (κ3) is 3.05. The Morgan fingerprint density at radius 3 is 1.96 bits per heavy atom. The Hall–Kier alpha value is -2.40. The van der Waals surface area contributed by atoms with Crippen LogP contribution in [0.25, 0.3) is 0 Å². The summed E-state index contributed by atoms with van der Waals surface area (Å²) >= 11 is 0. The molecule has 23 heavy (non-hydrogen) atoms. The van der Waals surface area contributed by atoms with Crippen LogP contribution in [0.15, 0.2) is 18.2 Å². The van der Waals surface area contributed by atoms with Crippen LogP contribution in [0, 0.1) is 52.9 Å². The standard InChI is InChI=1S/C21H23NO/c1-12-7-8-18(11-22)9-19(12)21(23)10-20-16(5)14(3)13(2)15(4)17(20)6/h7-9H,10H2,1-6H3. The number of rotatable bonds is 3. The molecule has 0 saturated carbocycles. The number of ketones is 1. The van der Waals surface area contributed by atoms with Crippen molar-refractivity contribution >= 4 is 5.78 Å². The number of carbonyl (C=O) groups excluding carboxylic acids is 1. The van der Waals surface area contributed by atoms with Crippen molar-refractivity contribution in [3.63, 3.8) is 0 Å². The van der Waals surface area contributed by atoms with E-state index in [0.717, 1.165) is 11.1 Å². The van der Waals surface area contributed by atoms with E-state index in [0.29, 0.717) is 17.5 Å². The zero-order valence-electron chi connectivity index (χ0n) is 14.8. The summed E-state index contributed by atoms with van der Waals surface area (Å²) in [5.74, 6) is 0.0773. The predicted molar refractivity (Wildman–Crippen MR) is 94.1 cm³/mol. The van der Waals surface area contributed by atoms with Crippen molar-refractivity contribution in [2.45, 2.75) is 48.0 Å².